The Morgan fingerprint density at radius 1 is 0.792 bits per heavy atom. The lowest BCUT2D eigenvalue weighted by Gasteiger charge is -2.44. The summed E-state index contributed by atoms with van der Waals surface area (Å²) in [6.45, 7) is 21.9. The fourth-order valence-electron chi connectivity index (χ4n) is 4.42. The lowest BCUT2D eigenvalue weighted by atomic mass is 9.59. The van der Waals surface area contributed by atoms with Crippen LogP contribution in [0.2, 0.25) is 0 Å². The first-order valence-electron chi connectivity index (χ1n) is 9.78. The average molecular weight is 337 g/mol. The van der Waals surface area contributed by atoms with Gasteiger partial charge in [0.25, 0.3) is 0 Å². The highest BCUT2D eigenvalue weighted by Crippen LogP contribution is 2.45. The third kappa shape index (κ3) is 4.11. The molecule has 2 aliphatic rings. The number of rotatable bonds is 0. The third-order valence-electron chi connectivity index (χ3n) is 8.10. The van der Waals surface area contributed by atoms with Crippen molar-refractivity contribution >= 4 is 11.6 Å². The highest BCUT2D eigenvalue weighted by molar-refractivity contribution is 5.83. The maximum Gasteiger partial charge on any atom is 0.136 e. The molecule has 0 aliphatic heterocycles. The maximum absolute atomic E-state index is 11.6. The van der Waals surface area contributed by atoms with Gasteiger partial charge in [0.05, 0.1) is 0 Å². The van der Waals surface area contributed by atoms with Crippen LogP contribution in [0.1, 0.15) is 82.1 Å². The van der Waals surface area contributed by atoms with Gasteiger partial charge in [-0.3, -0.25) is 9.59 Å². The Bertz CT molecular complexity index is 472. The first-order valence-corrected chi connectivity index (χ1v) is 9.78. The molecule has 0 heterocycles. The zero-order chi connectivity index (χ0) is 19.0. The van der Waals surface area contributed by atoms with Crippen LogP contribution in [0.15, 0.2) is 0 Å². The van der Waals surface area contributed by atoms with Crippen LogP contribution in [0.4, 0.5) is 0 Å². The Morgan fingerprint density at radius 3 is 1.79 bits per heavy atom. The second-order valence-corrected chi connectivity index (χ2v) is 10.0. The van der Waals surface area contributed by atoms with E-state index in [1.54, 1.807) is 0 Å². The molecule has 0 aromatic heterocycles. The van der Waals surface area contributed by atoms with Crippen molar-refractivity contribution in [1.82, 2.24) is 0 Å². The van der Waals surface area contributed by atoms with E-state index in [-0.39, 0.29) is 22.7 Å². The van der Waals surface area contributed by atoms with Gasteiger partial charge in [0.15, 0.2) is 0 Å². The monoisotopic (exact) mass is 336 g/mol. The number of Topliss-reactive ketones (excluding diaryl/α,β-unsaturated/α-hetero) is 2. The number of hydrogen-bond acceptors (Lipinski definition) is 2. The first-order chi connectivity index (χ1) is 10.7. The molecule has 2 nitrogen and oxygen atoms in total. The minimum atomic E-state index is 0.189. The molecule has 2 fully saturated rings. The van der Waals surface area contributed by atoms with Crippen molar-refractivity contribution in [2.45, 2.75) is 82.1 Å². The smallest absolute Gasteiger partial charge is 0.136 e. The molecule has 2 saturated carbocycles. The lowest BCUT2D eigenvalue weighted by molar-refractivity contribution is -0.134. The molecule has 0 spiro atoms. The van der Waals surface area contributed by atoms with E-state index in [1.807, 2.05) is 0 Å². The molecule has 0 amide bonds. The summed E-state index contributed by atoms with van der Waals surface area (Å²) in [7, 11) is 0. The summed E-state index contributed by atoms with van der Waals surface area (Å²) >= 11 is 0. The molecule has 140 valence electrons. The van der Waals surface area contributed by atoms with Crippen LogP contribution in [0, 0.1) is 46.3 Å². The maximum atomic E-state index is 11.6. The van der Waals surface area contributed by atoms with Crippen molar-refractivity contribution in [2.24, 2.45) is 46.3 Å². The van der Waals surface area contributed by atoms with Gasteiger partial charge in [0, 0.05) is 24.7 Å². The molecule has 2 rings (SSSR count). The van der Waals surface area contributed by atoms with Crippen molar-refractivity contribution in [3.8, 4) is 0 Å². The van der Waals surface area contributed by atoms with E-state index in [0.717, 1.165) is 12.8 Å². The van der Waals surface area contributed by atoms with E-state index in [1.165, 1.54) is 0 Å². The minimum absolute atomic E-state index is 0.189. The molecule has 24 heavy (non-hydrogen) atoms. The van der Waals surface area contributed by atoms with Crippen LogP contribution in [0.25, 0.3) is 0 Å². The van der Waals surface area contributed by atoms with E-state index in [2.05, 4.69) is 69.2 Å². The predicted octanol–water partition coefficient (Wildman–Crippen LogP) is 5.79. The van der Waals surface area contributed by atoms with Gasteiger partial charge in [-0.05, 0) is 34.5 Å². The van der Waals surface area contributed by atoms with E-state index in [0.29, 0.717) is 35.2 Å². The highest BCUT2D eigenvalue weighted by Gasteiger charge is 2.43. The number of carbonyl (C=O) groups excluding carboxylic acids is 2. The van der Waals surface area contributed by atoms with Gasteiger partial charge in [0.1, 0.15) is 11.6 Å². The van der Waals surface area contributed by atoms with Gasteiger partial charge in [-0.25, -0.2) is 0 Å². The summed E-state index contributed by atoms with van der Waals surface area (Å²) < 4.78 is 0. The highest BCUT2D eigenvalue weighted by atomic mass is 16.1. The standard InChI is InChI=1S/2C11H20O/c1-7-8(2)10(12)6-11(4,5)9(7)3;1-7-6-10(12)9(3)11(4,5)8(7)2/h2*7-9H,6H2,1-5H3. The predicted molar refractivity (Wildman–Crippen MR) is 102 cm³/mol. The third-order valence-corrected chi connectivity index (χ3v) is 8.10. The SMILES string of the molecule is CC1C(=O)CC(C)(C)C(C)C1C.CC1CC(=O)C(C)C(C)(C)C1C. The Hall–Kier alpha value is -0.660. The summed E-state index contributed by atoms with van der Waals surface area (Å²) in [6.07, 6.45) is 1.55. The summed E-state index contributed by atoms with van der Waals surface area (Å²) in [5.74, 6) is 3.83. The van der Waals surface area contributed by atoms with Gasteiger partial charge in [-0.15, -0.1) is 0 Å². The summed E-state index contributed by atoms with van der Waals surface area (Å²) in [6, 6.07) is 0. The van der Waals surface area contributed by atoms with Crippen LogP contribution >= 0.6 is 0 Å². The van der Waals surface area contributed by atoms with Crippen LogP contribution in [0.5, 0.6) is 0 Å². The van der Waals surface area contributed by atoms with Crippen molar-refractivity contribution in [3.63, 3.8) is 0 Å². The van der Waals surface area contributed by atoms with Crippen molar-refractivity contribution in [3.05, 3.63) is 0 Å². The van der Waals surface area contributed by atoms with Gasteiger partial charge in [-0.1, -0.05) is 69.2 Å². The number of hydrogen-bond donors (Lipinski definition) is 0. The number of ketones is 2. The topological polar surface area (TPSA) is 34.1 Å². The Morgan fingerprint density at radius 2 is 1.29 bits per heavy atom. The molecule has 0 aromatic rings. The van der Waals surface area contributed by atoms with E-state index in [4.69, 9.17) is 0 Å². The van der Waals surface area contributed by atoms with Gasteiger partial charge >= 0.3 is 0 Å². The van der Waals surface area contributed by atoms with E-state index >= 15 is 0 Å². The van der Waals surface area contributed by atoms with Gasteiger partial charge in [0.2, 0.25) is 0 Å². The molecule has 0 aromatic carbocycles. The van der Waals surface area contributed by atoms with Crippen LogP contribution in [-0.2, 0) is 9.59 Å². The molecule has 0 bridgehead atoms. The minimum Gasteiger partial charge on any atom is -0.299 e. The van der Waals surface area contributed by atoms with Gasteiger partial charge < -0.3 is 0 Å². The zero-order valence-electron chi connectivity index (χ0n) is 17.7. The largest absolute Gasteiger partial charge is 0.299 e. The van der Waals surface area contributed by atoms with Crippen molar-refractivity contribution in [2.75, 3.05) is 0 Å². The molecule has 2 heteroatoms. The molecule has 2 aliphatic carbocycles. The zero-order valence-corrected chi connectivity index (χ0v) is 17.7. The van der Waals surface area contributed by atoms with Crippen LogP contribution in [0.3, 0.4) is 0 Å². The van der Waals surface area contributed by atoms with Crippen LogP contribution in [-0.4, -0.2) is 11.6 Å². The molecule has 6 atom stereocenters. The summed E-state index contributed by atoms with van der Waals surface area (Å²) in [5.41, 5.74) is 0.401. The van der Waals surface area contributed by atoms with Crippen LogP contribution < -0.4 is 0 Å². The second kappa shape index (κ2) is 7.30. The fourth-order valence-corrected chi connectivity index (χ4v) is 4.42. The molecular formula is C22H40O2. The second-order valence-electron chi connectivity index (χ2n) is 10.0. The summed E-state index contributed by atoms with van der Waals surface area (Å²) in [4.78, 5) is 23.1. The molecule has 6 unspecified atom stereocenters. The first kappa shape index (κ1) is 21.4. The average Bonchev–Trinajstić information content (AvgIpc) is 2.48. The Kier molecular flexibility index (Phi) is 6.50. The Balaban J connectivity index is 0.000000240. The Labute approximate surface area is 150 Å². The molecular weight excluding hydrogens is 296 g/mol. The molecule has 0 saturated heterocycles. The van der Waals surface area contributed by atoms with Crippen molar-refractivity contribution in [1.29, 1.82) is 0 Å². The lowest BCUT2D eigenvalue weighted by Crippen LogP contribution is -2.43. The molecule has 0 N–H and O–H groups in total. The molecule has 0 radical (unpaired) electrons. The fraction of sp³-hybridized carbons (Fsp3) is 0.909. The number of carbonyl (C=O) groups is 2. The van der Waals surface area contributed by atoms with E-state index in [9.17, 15) is 9.59 Å². The van der Waals surface area contributed by atoms with Gasteiger partial charge in [-0.2, -0.15) is 0 Å². The quantitative estimate of drug-likeness (QED) is 0.561. The summed E-state index contributed by atoms with van der Waals surface area (Å²) in [5, 5.41) is 0. The van der Waals surface area contributed by atoms with Crippen molar-refractivity contribution < 1.29 is 9.59 Å². The normalized spacial score (nSPS) is 41.4. The van der Waals surface area contributed by atoms with E-state index < -0.39 is 0 Å².